The summed E-state index contributed by atoms with van der Waals surface area (Å²) in [6.45, 7) is 6.53. The number of rotatable bonds is 2. The highest BCUT2D eigenvalue weighted by molar-refractivity contribution is 6.01. The fraction of sp³-hybridized carbons (Fsp3) is 0.414. The van der Waals surface area contributed by atoms with E-state index in [4.69, 9.17) is 4.74 Å². The second-order valence-electron chi connectivity index (χ2n) is 10.7. The number of benzene rings is 1. The van der Waals surface area contributed by atoms with E-state index in [2.05, 4.69) is 9.55 Å². The molecule has 1 aliphatic heterocycles. The number of carboxylic acid groups (broad SMARTS) is 1. The summed E-state index contributed by atoms with van der Waals surface area (Å²) >= 11 is 0. The van der Waals surface area contributed by atoms with Crippen LogP contribution in [0, 0.1) is 0 Å². The molecule has 2 aromatic heterocycles. The summed E-state index contributed by atoms with van der Waals surface area (Å²) in [7, 11) is 0. The molecule has 3 aromatic rings. The van der Waals surface area contributed by atoms with Crippen LogP contribution in [-0.2, 0) is 11.3 Å². The van der Waals surface area contributed by atoms with Crippen LogP contribution in [0.15, 0.2) is 48.8 Å². The normalized spacial score (nSPS) is 16.6. The summed E-state index contributed by atoms with van der Waals surface area (Å²) in [6.07, 6.45) is 12.9. The van der Waals surface area contributed by atoms with Crippen molar-refractivity contribution in [2.45, 2.75) is 70.9 Å². The fourth-order valence-corrected chi connectivity index (χ4v) is 5.55. The van der Waals surface area contributed by atoms with Gasteiger partial charge >= 0.3 is 12.1 Å². The number of pyridine rings is 1. The van der Waals surface area contributed by atoms with Crippen LogP contribution in [0.25, 0.3) is 22.2 Å². The van der Waals surface area contributed by atoms with Gasteiger partial charge in [0.15, 0.2) is 0 Å². The Labute approximate surface area is 211 Å². The predicted molar refractivity (Wildman–Crippen MR) is 141 cm³/mol. The maximum Gasteiger partial charge on any atom is 0.415 e. The van der Waals surface area contributed by atoms with Gasteiger partial charge in [0.2, 0.25) is 0 Å². The van der Waals surface area contributed by atoms with Gasteiger partial charge in [-0.1, -0.05) is 37.5 Å². The molecule has 1 saturated carbocycles. The smallest absolute Gasteiger partial charge is 0.415 e. The topological polar surface area (TPSA) is 84.7 Å². The number of aromatic nitrogens is 2. The van der Waals surface area contributed by atoms with Crippen LogP contribution in [0.4, 0.5) is 10.5 Å². The highest BCUT2D eigenvalue weighted by Gasteiger charge is 2.31. The molecule has 0 saturated heterocycles. The van der Waals surface area contributed by atoms with E-state index in [1.165, 1.54) is 24.8 Å². The number of hydrogen-bond acceptors (Lipinski definition) is 4. The molecule has 1 fully saturated rings. The molecule has 0 atom stereocenters. The lowest BCUT2D eigenvalue weighted by molar-refractivity contribution is 0.0583. The maximum atomic E-state index is 13.3. The van der Waals surface area contributed by atoms with Gasteiger partial charge in [0, 0.05) is 41.9 Å². The van der Waals surface area contributed by atoms with E-state index < -0.39 is 17.7 Å². The zero-order valence-electron chi connectivity index (χ0n) is 21.2. The van der Waals surface area contributed by atoms with Crippen LogP contribution in [-0.4, -0.2) is 38.9 Å². The molecule has 1 N–H and O–H groups in total. The Bertz CT molecular complexity index is 1340. The van der Waals surface area contributed by atoms with Crippen molar-refractivity contribution in [2.75, 3.05) is 11.4 Å². The number of aromatic carboxylic acids is 1. The highest BCUT2D eigenvalue weighted by atomic mass is 16.6. The monoisotopic (exact) mass is 487 g/mol. The molecule has 7 heteroatoms. The van der Waals surface area contributed by atoms with E-state index in [0.29, 0.717) is 19.0 Å². The number of carboxylic acids is 1. The van der Waals surface area contributed by atoms with E-state index in [1.807, 2.05) is 51.3 Å². The van der Waals surface area contributed by atoms with Crippen LogP contribution in [0.3, 0.4) is 0 Å². The first-order valence-corrected chi connectivity index (χ1v) is 12.7. The second-order valence-corrected chi connectivity index (χ2v) is 10.7. The van der Waals surface area contributed by atoms with E-state index >= 15 is 0 Å². The van der Waals surface area contributed by atoms with E-state index in [1.54, 1.807) is 23.2 Å². The number of allylic oxidation sites excluding steroid dienone is 1. The van der Waals surface area contributed by atoms with E-state index in [0.717, 1.165) is 40.7 Å². The van der Waals surface area contributed by atoms with Crippen LogP contribution < -0.4 is 4.90 Å². The number of carbonyl (C=O) groups is 2. The van der Waals surface area contributed by atoms with Gasteiger partial charge in [-0.2, -0.15) is 0 Å². The van der Waals surface area contributed by atoms with Gasteiger partial charge in [-0.15, -0.1) is 0 Å². The van der Waals surface area contributed by atoms with Gasteiger partial charge in [0.25, 0.3) is 0 Å². The SMILES string of the molecule is CC(C)(C)OC(=O)N1CC=CCn2c(c(C3CCCCC3)c3ccc(C(=O)O)cc32)-c2cnccc21. The maximum absolute atomic E-state index is 13.3. The van der Waals surface area contributed by atoms with Crippen molar-refractivity contribution < 1.29 is 19.4 Å². The molecule has 0 radical (unpaired) electrons. The summed E-state index contributed by atoms with van der Waals surface area (Å²) in [5, 5.41) is 10.8. The minimum absolute atomic E-state index is 0.267. The molecule has 1 amide bonds. The predicted octanol–water partition coefficient (Wildman–Crippen LogP) is 6.76. The van der Waals surface area contributed by atoms with Crippen LogP contribution >= 0.6 is 0 Å². The molecule has 3 heterocycles. The van der Waals surface area contributed by atoms with Gasteiger partial charge in [0.05, 0.1) is 16.9 Å². The minimum atomic E-state index is -0.941. The summed E-state index contributed by atoms with van der Waals surface area (Å²) in [6, 6.07) is 7.30. The Kier molecular flexibility index (Phi) is 6.33. The van der Waals surface area contributed by atoms with Gasteiger partial charge < -0.3 is 14.4 Å². The first-order valence-electron chi connectivity index (χ1n) is 12.7. The Balaban J connectivity index is 1.79. The molecular formula is C29H33N3O4. The molecule has 0 unspecified atom stereocenters. The molecule has 5 rings (SSSR count). The number of fused-ring (bicyclic) bond motifs is 5. The standard InChI is InChI=1S/C29H33N3O4/c1-29(2,3)36-28(35)32-16-8-7-15-31-24-17-20(27(33)34)11-12-21(24)25(19-9-5-4-6-10-19)26(31)22-18-30-14-13-23(22)32/h7-8,11-14,17-19H,4-6,9-10,15-16H2,1-3H3,(H,33,34). The number of hydrogen-bond donors (Lipinski definition) is 1. The molecule has 0 spiro atoms. The first-order chi connectivity index (χ1) is 17.2. The fourth-order valence-electron chi connectivity index (χ4n) is 5.55. The van der Waals surface area contributed by atoms with Crippen molar-refractivity contribution in [1.29, 1.82) is 0 Å². The number of amides is 1. The first kappa shape index (κ1) is 24.1. The Hall–Kier alpha value is -3.61. The van der Waals surface area contributed by atoms with Gasteiger partial charge in [-0.05, 0) is 63.3 Å². The lowest BCUT2D eigenvalue weighted by Gasteiger charge is -2.28. The molecule has 36 heavy (non-hydrogen) atoms. The zero-order chi connectivity index (χ0) is 25.4. The lowest BCUT2D eigenvalue weighted by atomic mass is 9.81. The minimum Gasteiger partial charge on any atom is -0.478 e. The Morgan fingerprint density at radius 1 is 1.06 bits per heavy atom. The molecule has 0 bridgehead atoms. The average molecular weight is 488 g/mol. The third-order valence-corrected chi connectivity index (χ3v) is 7.06. The summed E-state index contributed by atoms with van der Waals surface area (Å²) in [4.78, 5) is 31.3. The Morgan fingerprint density at radius 3 is 2.53 bits per heavy atom. The number of anilines is 1. The zero-order valence-corrected chi connectivity index (χ0v) is 21.2. The molecule has 1 aromatic carbocycles. The number of ether oxygens (including phenoxy) is 1. The number of nitrogens with zero attached hydrogens (tertiary/aromatic N) is 3. The third-order valence-electron chi connectivity index (χ3n) is 7.06. The van der Waals surface area contributed by atoms with E-state index in [-0.39, 0.29) is 5.56 Å². The van der Waals surface area contributed by atoms with Crippen molar-refractivity contribution in [3.8, 4) is 11.3 Å². The van der Waals surface area contributed by atoms with Crippen molar-refractivity contribution in [3.63, 3.8) is 0 Å². The van der Waals surface area contributed by atoms with Crippen molar-refractivity contribution in [3.05, 3.63) is 59.9 Å². The summed E-state index contributed by atoms with van der Waals surface area (Å²) < 4.78 is 7.96. The lowest BCUT2D eigenvalue weighted by Crippen LogP contribution is -2.37. The Morgan fingerprint density at radius 2 is 1.81 bits per heavy atom. The number of carbonyl (C=O) groups excluding carboxylic acids is 1. The molecule has 2 aliphatic rings. The molecule has 188 valence electrons. The van der Waals surface area contributed by atoms with Crippen molar-refractivity contribution in [2.24, 2.45) is 0 Å². The van der Waals surface area contributed by atoms with Gasteiger partial charge in [-0.25, -0.2) is 9.59 Å². The van der Waals surface area contributed by atoms with Crippen molar-refractivity contribution in [1.82, 2.24) is 9.55 Å². The summed E-state index contributed by atoms with van der Waals surface area (Å²) in [5.41, 5.74) is 4.39. The second kappa shape index (κ2) is 9.45. The van der Waals surface area contributed by atoms with Gasteiger partial charge in [-0.3, -0.25) is 9.88 Å². The quantitative estimate of drug-likeness (QED) is 0.404. The van der Waals surface area contributed by atoms with Crippen LogP contribution in [0.1, 0.15) is 74.7 Å². The highest BCUT2D eigenvalue weighted by Crippen LogP contribution is 2.46. The van der Waals surface area contributed by atoms with Gasteiger partial charge in [0.1, 0.15) is 5.60 Å². The summed E-state index contributed by atoms with van der Waals surface area (Å²) in [5.74, 6) is -0.579. The van der Waals surface area contributed by atoms with E-state index in [9.17, 15) is 14.7 Å². The van der Waals surface area contributed by atoms with Crippen LogP contribution in [0.2, 0.25) is 0 Å². The van der Waals surface area contributed by atoms with Crippen LogP contribution in [0.5, 0.6) is 0 Å². The third kappa shape index (κ3) is 4.50. The molecule has 7 nitrogen and oxygen atoms in total. The average Bonchev–Trinajstić information content (AvgIpc) is 3.19. The molecule has 1 aliphatic carbocycles. The molecular weight excluding hydrogens is 454 g/mol. The largest absolute Gasteiger partial charge is 0.478 e. The van der Waals surface area contributed by atoms with Crippen molar-refractivity contribution >= 4 is 28.7 Å².